The van der Waals surface area contributed by atoms with E-state index in [9.17, 15) is 4.79 Å². The molecule has 1 unspecified atom stereocenters. The molecule has 1 aromatic heterocycles. The molecule has 0 aliphatic rings. The molecule has 0 spiro atoms. The average molecular weight is 314 g/mol. The van der Waals surface area contributed by atoms with E-state index < -0.39 is 0 Å². The van der Waals surface area contributed by atoms with Gasteiger partial charge in [0.2, 0.25) is 5.91 Å². The molecule has 5 nitrogen and oxygen atoms in total. The first-order valence-corrected chi connectivity index (χ1v) is 7.84. The summed E-state index contributed by atoms with van der Waals surface area (Å²) in [5, 5.41) is 4.16. The van der Waals surface area contributed by atoms with E-state index in [-0.39, 0.29) is 11.9 Å². The summed E-state index contributed by atoms with van der Waals surface area (Å²) >= 11 is 0. The van der Waals surface area contributed by atoms with Crippen LogP contribution in [0.1, 0.15) is 22.7 Å². The first-order chi connectivity index (χ1) is 10.9. The lowest BCUT2D eigenvalue weighted by Gasteiger charge is -2.28. The van der Waals surface area contributed by atoms with Crippen LogP contribution in [0, 0.1) is 6.92 Å². The molecule has 2 aromatic rings. The molecule has 2 rings (SSSR count). The van der Waals surface area contributed by atoms with Crippen LogP contribution in [0.5, 0.6) is 0 Å². The maximum Gasteiger partial charge on any atom is 0.244 e. The Kier molecular flexibility index (Phi) is 5.55. The lowest BCUT2D eigenvalue weighted by atomic mass is 10.0. The molecule has 1 heterocycles. The number of carbonyl (C=O) groups is 1. The summed E-state index contributed by atoms with van der Waals surface area (Å²) in [6, 6.07) is 7.91. The first-order valence-electron chi connectivity index (χ1n) is 7.84. The van der Waals surface area contributed by atoms with E-state index >= 15 is 0 Å². The SMILES string of the molecule is Cc1ccc(C(C(=O)N(C)CCc2cnn(C)c2)N(C)C)cc1. The minimum absolute atomic E-state index is 0.114. The minimum atomic E-state index is -0.255. The Bertz CT molecular complexity index is 645. The van der Waals surface area contributed by atoms with Crippen LogP contribution in [-0.2, 0) is 18.3 Å². The Balaban J connectivity index is 2.06. The lowest BCUT2D eigenvalue weighted by molar-refractivity contribution is -0.135. The number of benzene rings is 1. The molecule has 1 aromatic carbocycles. The molecule has 5 heteroatoms. The summed E-state index contributed by atoms with van der Waals surface area (Å²) in [7, 11) is 7.65. The summed E-state index contributed by atoms with van der Waals surface area (Å²) in [6.07, 6.45) is 4.65. The predicted octanol–water partition coefficient (Wildman–Crippen LogP) is 2.03. The molecule has 1 atom stereocenters. The van der Waals surface area contributed by atoms with Gasteiger partial charge in [0.05, 0.1) is 6.20 Å². The molecular formula is C18H26N4O. The second-order valence-electron chi connectivity index (χ2n) is 6.31. The second-order valence-corrected chi connectivity index (χ2v) is 6.31. The number of hydrogen-bond donors (Lipinski definition) is 0. The zero-order valence-electron chi connectivity index (χ0n) is 14.7. The summed E-state index contributed by atoms with van der Waals surface area (Å²) in [5.41, 5.74) is 3.37. The molecule has 0 saturated carbocycles. The summed E-state index contributed by atoms with van der Waals surface area (Å²) in [5.74, 6) is 0.114. The standard InChI is InChI=1S/C18H26N4O/c1-14-6-8-16(9-7-14)17(20(2)3)18(23)21(4)11-10-15-12-19-22(5)13-15/h6-9,12-13,17H,10-11H2,1-5H3. The topological polar surface area (TPSA) is 41.4 Å². The van der Waals surface area contributed by atoms with Crippen LogP contribution in [0.3, 0.4) is 0 Å². The molecule has 23 heavy (non-hydrogen) atoms. The average Bonchev–Trinajstić information content (AvgIpc) is 2.92. The zero-order chi connectivity index (χ0) is 17.0. The predicted molar refractivity (Wildman–Crippen MR) is 92.2 cm³/mol. The summed E-state index contributed by atoms with van der Waals surface area (Å²) < 4.78 is 1.78. The van der Waals surface area contributed by atoms with Gasteiger partial charge in [-0.25, -0.2) is 0 Å². The number of amides is 1. The zero-order valence-corrected chi connectivity index (χ0v) is 14.7. The van der Waals surface area contributed by atoms with Gasteiger partial charge in [-0.05, 0) is 38.6 Å². The smallest absolute Gasteiger partial charge is 0.244 e. The Labute approximate surface area is 138 Å². The van der Waals surface area contributed by atoms with Gasteiger partial charge in [-0.15, -0.1) is 0 Å². The number of likely N-dealkylation sites (N-methyl/N-ethyl adjacent to an activating group) is 2. The van der Waals surface area contributed by atoms with Crippen LogP contribution in [0.2, 0.25) is 0 Å². The minimum Gasteiger partial charge on any atom is -0.344 e. The van der Waals surface area contributed by atoms with Crippen molar-refractivity contribution in [2.75, 3.05) is 27.7 Å². The van der Waals surface area contributed by atoms with Gasteiger partial charge in [0, 0.05) is 26.8 Å². The monoisotopic (exact) mass is 314 g/mol. The molecule has 0 bridgehead atoms. The number of rotatable bonds is 6. The highest BCUT2D eigenvalue weighted by atomic mass is 16.2. The van der Waals surface area contributed by atoms with E-state index in [2.05, 4.69) is 24.2 Å². The van der Waals surface area contributed by atoms with Crippen molar-refractivity contribution in [3.63, 3.8) is 0 Å². The van der Waals surface area contributed by atoms with Gasteiger partial charge < -0.3 is 4.90 Å². The lowest BCUT2D eigenvalue weighted by Crippen LogP contribution is -2.39. The molecule has 0 aliphatic heterocycles. The Morgan fingerprint density at radius 2 is 1.87 bits per heavy atom. The van der Waals surface area contributed by atoms with Crippen molar-refractivity contribution in [1.29, 1.82) is 0 Å². The highest BCUT2D eigenvalue weighted by Crippen LogP contribution is 2.21. The molecular weight excluding hydrogens is 288 g/mol. The van der Waals surface area contributed by atoms with E-state index in [1.807, 2.05) is 57.6 Å². The molecule has 124 valence electrons. The van der Waals surface area contributed by atoms with Gasteiger partial charge in [0.1, 0.15) is 6.04 Å². The van der Waals surface area contributed by atoms with Crippen LogP contribution in [-0.4, -0.2) is 53.2 Å². The van der Waals surface area contributed by atoms with Crippen molar-refractivity contribution in [3.8, 4) is 0 Å². The van der Waals surface area contributed by atoms with Crippen LogP contribution < -0.4 is 0 Å². The highest BCUT2D eigenvalue weighted by molar-refractivity contribution is 5.83. The third-order valence-corrected chi connectivity index (χ3v) is 4.01. The number of hydrogen-bond acceptors (Lipinski definition) is 3. The third kappa shape index (κ3) is 4.42. The van der Waals surface area contributed by atoms with Gasteiger partial charge in [0.25, 0.3) is 0 Å². The number of carbonyl (C=O) groups excluding carboxylic acids is 1. The van der Waals surface area contributed by atoms with Crippen molar-refractivity contribution < 1.29 is 4.79 Å². The molecule has 1 amide bonds. The maximum absolute atomic E-state index is 12.9. The number of aryl methyl sites for hydroxylation is 2. The Hall–Kier alpha value is -2.14. The van der Waals surface area contributed by atoms with Gasteiger partial charge in [-0.1, -0.05) is 29.8 Å². The van der Waals surface area contributed by atoms with E-state index in [4.69, 9.17) is 0 Å². The maximum atomic E-state index is 12.9. The highest BCUT2D eigenvalue weighted by Gasteiger charge is 2.25. The fourth-order valence-corrected chi connectivity index (χ4v) is 2.63. The van der Waals surface area contributed by atoms with E-state index in [0.29, 0.717) is 6.54 Å². The van der Waals surface area contributed by atoms with Crippen LogP contribution in [0.4, 0.5) is 0 Å². The number of nitrogens with zero attached hydrogens (tertiary/aromatic N) is 4. The van der Waals surface area contributed by atoms with Crippen molar-refractivity contribution in [1.82, 2.24) is 19.6 Å². The molecule has 0 N–H and O–H groups in total. The third-order valence-electron chi connectivity index (χ3n) is 4.01. The molecule has 0 aliphatic carbocycles. The quantitative estimate of drug-likeness (QED) is 0.819. The fourth-order valence-electron chi connectivity index (χ4n) is 2.63. The van der Waals surface area contributed by atoms with Crippen LogP contribution in [0.25, 0.3) is 0 Å². The van der Waals surface area contributed by atoms with Crippen LogP contribution >= 0.6 is 0 Å². The van der Waals surface area contributed by atoms with Gasteiger partial charge in [-0.2, -0.15) is 5.10 Å². The summed E-state index contributed by atoms with van der Waals surface area (Å²) in [6.45, 7) is 2.73. The second kappa shape index (κ2) is 7.42. The largest absolute Gasteiger partial charge is 0.344 e. The van der Waals surface area contributed by atoms with E-state index in [1.54, 1.807) is 9.58 Å². The summed E-state index contributed by atoms with van der Waals surface area (Å²) in [4.78, 5) is 16.6. The van der Waals surface area contributed by atoms with Gasteiger partial charge >= 0.3 is 0 Å². The first kappa shape index (κ1) is 17.2. The van der Waals surface area contributed by atoms with Gasteiger partial charge in [-0.3, -0.25) is 14.4 Å². The van der Waals surface area contributed by atoms with Gasteiger partial charge in [0.15, 0.2) is 0 Å². The van der Waals surface area contributed by atoms with Crippen LogP contribution in [0.15, 0.2) is 36.7 Å². The molecule has 0 saturated heterocycles. The number of aromatic nitrogens is 2. The van der Waals surface area contributed by atoms with Crippen molar-refractivity contribution >= 4 is 5.91 Å². The van der Waals surface area contributed by atoms with E-state index in [0.717, 1.165) is 17.5 Å². The molecule has 0 fully saturated rings. The van der Waals surface area contributed by atoms with Crippen molar-refractivity contribution in [3.05, 3.63) is 53.3 Å². The van der Waals surface area contributed by atoms with E-state index in [1.165, 1.54) is 5.56 Å². The fraction of sp³-hybridized carbons (Fsp3) is 0.444. The normalized spacial score (nSPS) is 12.4. The molecule has 0 radical (unpaired) electrons. The Morgan fingerprint density at radius 1 is 1.22 bits per heavy atom. The van der Waals surface area contributed by atoms with Crippen molar-refractivity contribution in [2.24, 2.45) is 7.05 Å². The van der Waals surface area contributed by atoms with Crippen molar-refractivity contribution in [2.45, 2.75) is 19.4 Å². The Morgan fingerprint density at radius 3 is 2.39 bits per heavy atom.